The van der Waals surface area contributed by atoms with Crippen molar-refractivity contribution in [2.45, 2.75) is 13.8 Å². The molecule has 2 N–H and O–H groups in total. The van der Waals surface area contributed by atoms with Crippen LogP contribution in [-0.2, 0) is 7.05 Å². The number of halogens is 1. The maximum absolute atomic E-state index is 13.3. The normalized spacial score (nSPS) is 10.6. The largest absolute Gasteiger partial charge is 0.395 e. The molecule has 6 heteroatoms. The fourth-order valence-corrected chi connectivity index (χ4v) is 2.14. The maximum atomic E-state index is 13.3. The van der Waals surface area contributed by atoms with E-state index in [4.69, 9.17) is 5.73 Å². The van der Waals surface area contributed by atoms with Crippen LogP contribution in [0.5, 0.6) is 0 Å². The fourth-order valence-electron chi connectivity index (χ4n) is 2.14. The zero-order valence-corrected chi connectivity index (χ0v) is 11.7. The SMILES string of the molecule is CCN(C(=O)c1c(N)c(C)nn1C)c1cccc(F)c1. The third-order valence-electron chi connectivity index (χ3n) is 3.15. The van der Waals surface area contributed by atoms with E-state index < -0.39 is 0 Å². The smallest absolute Gasteiger partial charge is 0.278 e. The van der Waals surface area contributed by atoms with Crippen LogP contribution < -0.4 is 10.6 Å². The average Bonchev–Trinajstić information content (AvgIpc) is 2.64. The number of aromatic nitrogens is 2. The third kappa shape index (κ3) is 2.36. The molecule has 20 heavy (non-hydrogen) atoms. The van der Waals surface area contributed by atoms with Crippen molar-refractivity contribution in [1.29, 1.82) is 0 Å². The highest BCUT2D eigenvalue weighted by molar-refractivity contribution is 6.08. The Morgan fingerprint density at radius 2 is 2.20 bits per heavy atom. The molecule has 0 fully saturated rings. The molecule has 106 valence electrons. The zero-order chi connectivity index (χ0) is 14.9. The van der Waals surface area contributed by atoms with Gasteiger partial charge >= 0.3 is 0 Å². The molecule has 0 radical (unpaired) electrons. The van der Waals surface area contributed by atoms with Crippen molar-refractivity contribution in [1.82, 2.24) is 9.78 Å². The Labute approximate surface area is 116 Å². The first-order chi connectivity index (χ1) is 9.45. The number of nitrogens with zero attached hydrogens (tertiary/aromatic N) is 3. The van der Waals surface area contributed by atoms with Crippen molar-refractivity contribution >= 4 is 17.3 Å². The Morgan fingerprint density at radius 1 is 1.50 bits per heavy atom. The van der Waals surface area contributed by atoms with Crippen molar-refractivity contribution in [2.24, 2.45) is 7.05 Å². The second kappa shape index (κ2) is 5.32. The minimum absolute atomic E-state index is 0.293. The van der Waals surface area contributed by atoms with E-state index in [1.807, 2.05) is 6.92 Å². The second-order valence-electron chi connectivity index (χ2n) is 4.50. The van der Waals surface area contributed by atoms with E-state index >= 15 is 0 Å². The zero-order valence-electron chi connectivity index (χ0n) is 11.7. The third-order valence-corrected chi connectivity index (χ3v) is 3.15. The Hall–Kier alpha value is -2.37. The first-order valence-corrected chi connectivity index (χ1v) is 6.32. The summed E-state index contributed by atoms with van der Waals surface area (Å²) in [6.45, 7) is 3.97. The number of anilines is 2. The molecule has 2 rings (SSSR count). The number of hydrogen-bond donors (Lipinski definition) is 1. The molecule has 1 aromatic heterocycles. The molecule has 0 aliphatic heterocycles. The van der Waals surface area contributed by atoms with Gasteiger partial charge in [-0.1, -0.05) is 6.07 Å². The second-order valence-corrected chi connectivity index (χ2v) is 4.50. The van der Waals surface area contributed by atoms with Crippen molar-refractivity contribution in [2.75, 3.05) is 17.2 Å². The summed E-state index contributed by atoms with van der Waals surface area (Å²) in [5, 5.41) is 4.13. The number of nitrogens with two attached hydrogens (primary N) is 1. The van der Waals surface area contributed by atoms with Gasteiger partial charge in [0.25, 0.3) is 5.91 Å². The van der Waals surface area contributed by atoms with E-state index in [1.54, 1.807) is 26.1 Å². The number of hydrogen-bond acceptors (Lipinski definition) is 3. The standard InChI is InChI=1S/C14H17FN4O/c1-4-19(11-7-5-6-10(15)8-11)14(20)13-12(16)9(2)17-18(13)3/h5-8H,4,16H2,1-3H3. The molecule has 0 saturated heterocycles. The van der Waals surface area contributed by atoms with Crippen LogP contribution in [0.2, 0.25) is 0 Å². The fraction of sp³-hybridized carbons (Fsp3) is 0.286. The van der Waals surface area contributed by atoms with Crippen LogP contribution in [0.25, 0.3) is 0 Å². The van der Waals surface area contributed by atoms with Gasteiger partial charge in [-0.15, -0.1) is 0 Å². The first-order valence-electron chi connectivity index (χ1n) is 6.32. The maximum Gasteiger partial charge on any atom is 0.278 e. The molecule has 0 unspecified atom stereocenters. The Balaban J connectivity index is 2.44. The van der Waals surface area contributed by atoms with E-state index in [9.17, 15) is 9.18 Å². The molecule has 0 saturated carbocycles. The van der Waals surface area contributed by atoms with Gasteiger partial charge in [0.2, 0.25) is 0 Å². The topological polar surface area (TPSA) is 64.2 Å². The lowest BCUT2D eigenvalue weighted by molar-refractivity contribution is 0.0980. The Bertz CT molecular complexity index is 651. The lowest BCUT2D eigenvalue weighted by atomic mass is 10.2. The van der Waals surface area contributed by atoms with Crippen molar-refractivity contribution < 1.29 is 9.18 Å². The van der Waals surface area contributed by atoms with E-state index in [0.29, 0.717) is 29.3 Å². The number of nitrogen functional groups attached to an aromatic ring is 1. The minimum Gasteiger partial charge on any atom is -0.395 e. The van der Waals surface area contributed by atoms with Crippen molar-refractivity contribution in [3.05, 3.63) is 41.5 Å². The molecule has 1 amide bonds. The molecule has 0 atom stereocenters. The van der Waals surface area contributed by atoms with Gasteiger partial charge in [-0.2, -0.15) is 5.10 Å². The van der Waals surface area contributed by atoms with Crippen molar-refractivity contribution in [3.8, 4) is 0 Å². The van der Waals surface area contributed by atoms with Crippen LogP contribution >= 0.6 is 0 Å². The van der Waals surface area contributed by atoms with E-state index in [0.717, 1.165) is 0 Å². The lowest BCUT2D eigenvalue weighted by Gasteiger charge is -2.21. The molecule has 1 aromatic carbocycles. The van der Waals surface area contributed by atoms with E-state index in [-0.39, 0.29) is 11.7 Å². The molecule has 0 spiro atoms. The van der Waals surface area contributed by atoms with E-state index in [2.05, 4.69) is 5.10 Å². The number of rotatable bonds is 3. The van der Waals surface area contributed by atoms with Gasteiger partial charge in [-0.25, -0.2) is 4.39 Å². The Kier molecular flexibility index (Phi) is 3.74. The van der Waals surface area contributed by atoms with Gasteiger partial charge in [-0.3, -0.25) is 9.48 Å². The number of aryl methyl sites for hydroxylation is 2. The van der Waals surface area contributed by atoms with E-state index in [1.165, 1.54) is 21.7 Å². The molecule has 0 aliphatic carbocycles. The molecule has 0 aliphatic rings. The highest BCUT2D eigenvalue weighted by atomic mass is 19.1. The van der Waals surface area contributed by atoms with Crippen LogP contribution in [0.15, 0.2) is 24.3 Å². The molecule has 0 bridgehead atoms. The summed E-state index contributed by atoms with van der Waals surface area (Å²) in [7, 11) is 1.66. The minimum atomic E-state index is -0.386. The summed E-state index contributed by atoms with van der Waals surface area (Å²) in [4.78, 5) is 14.1. The quantitative estimate of drug-likeness (QED) is 0.934. The van der Waals surface area contributed by atoms with Gasteiger partial charge in [0.15, 0.2) is 0 Å². The van der Waals surface area contributed by atoms with Gasteiger partial charge < -0.3 is 10.6 Å². The molecular formula is C14H17FN4O. The summed E-state index contributed by atoms with van der Waals surface area (Å²) >= 11 is 0. The highest BCUT2D eigenvalue weighted by Crippen LogP contribution is 2.22. The molecule has 2 aromatic rings. The predicted octanol–water partition coefficient (Wildman–Crippen LogP) is 2.12. The van der Waals surface area contributed by atoms with Gasteiger partial charge in [0.1, 0.15) is 11.5 Å². The summed E-state index contributed by atoms with van der Waals surface area (Å²) in [6.07, 6.45) is 0. The summed E-state index contributed by atoms with van der Waals surface area (Å²) in [6, 6.07) is 5.91. The van der Waals surface area contributed by atoms with Crippen LogP contribution in [0.1, 0.15) is 23.1 Å². The number of carbonyl (C=O) groups is 1. The summed E-state index contributed by atoms with van der Waals surface area (Å²) < 4.78 is 14.8. The number of carbonyl (C=O) groups excluding carboxylic acids is 1. The van der Waals surface area contributed by atoms with Gasteiger partial charge in [-0.05, 0) is 32.0 Å². The number of benzene rings is 1. The van der Waals surface area contributed by atoms with Gasteiger partial charge in [0, 0.05) is 19.3 Å². The summed E-state index contributed by atoms with van der Waals surface area (Å²) in [5.74, 6) is -0.679. The van der Waals surface area contributed by atoms with Crippen LogP contribution in [0, 0.1) is 12.7 Å². The van der Waals surface area contributed by atoms with Crippen LogP contribution in [0.3, 0.4) is 0 Å². The predicted molar refractivity (Wildman–Crippen MR) is 76.1 cm³/mol. The average molecular weight is 276 g/mol. The summed E-state index contributed by atoms with van der Waals surface area (Å²) in [5.41, 5.74) is 7.67. The van der Waals surface area contributed by atoms with Crippen molar-refractivity contribution in [3.63, 3.8) is 0 Å². The van der Waals surface area contributed by atoms with Gasteiger partial charge in [0.05, 0.1) is 11.4 Å². The molecule has 5 nitrogen and oxygen atoms in total. The molecule has 1 heterocycles. The van der Waals surface area contributed by atoms with Crippen LogP contribution in [0.4, 0.5) is 15.8 Å². The highest BCUT2D eigenvalue weighted by Gasteiger charge is 2.23. The number of amides is 1. The molecular weight excluding hydrogens is 259 g/mol. The monoisotopic (exact) mass is 276 g/mol. The Morgan fingerprint density at radius 3 is 2.70 bits per heavy atom. The van der Waals surface area contributed by atoms with Crippen LogP contribution in [-0.4, -0.2) is 22.2 Å². The lowest BCUT2D eigenvalue weighted by Crippen LogP contribution is -2.32. The first kappa shape index (κ1) is 14.0.